The van der Waals surface area contributed by atoms with Gasteiger partial charge in [0.05, 0.1) is 17.3 Å². The molecule has 0 spiro atoms. The lowest BCUT2D eigenvalue weighted by atomic mass is 10.0. The summed E-state index contributed by atoms with van der Waals surface area (Å²) < 4.78 is 7.80. The van der Waals surface area contributed by atoms with Gasteiger partial charge < -0.3 is 15.0 Å². The fourth-order valence-electron chi connectivity index (χ4n) is 6.33. The number of hydrogen-bond donors (Lipinski definition) is 1. The first kappa shape index (κ1) is 24.1. The van der Waals surface area contributed by atoms with Gasteiger partial charge in [0.2, 0.25) is 0 Å². The first-order chi connectivity index (χ1) is 18.0. The number of aryl methyl sites for hydroxylation is 3. The summed E-state index contributed by atoms with van der Waals surface area (Å²) in [6, 6.07) is 7.03. The van der Waals surface area contributed by atoms with Crippen LogP contribution in [0.5, 0.6) is 5.75 Å². The number of aromatic nitrogens is 3. The van der Waals surface area contributed by atoms with Gasteiger partial charge in [-0.2, -0.15) is 0 Å². The van der Waals surface area contributed by atoms with Crippen molar-refractivity contribution in [1.29, 1.82) is 0 Å². The molecule has 1 saturated carbocycles. The van der Waals surface area contributed by atoms with E-state index in [1.807, 2.05) is 13.1 Å². The lowest BCUT2D eigenvalue weighted by Gasteiger charge is -2.42. The van der Waals surface area contributed by atoms with Crippen LogP contribution in [-0.4, -0.2) is 52.6 Å². The van der Waals surface area contributed by atoms with E-state index in [1.54, 1.807) is 4.57 Å². The Morgan fingerprint density at radius 2 is 2.03 bits per heavy atom. The monoisotopic (exact) mass is 501 g/mol. The molecule has 0 amide bonds. The highest BCUT2D eigenvalue weighted by atomic mass is 16.5. The number of pyridine rings is 1. The number of carbonyl (C=O) groups is 1. The highest BCUT2D eigenvalue weighted by Crippen LogP contribution is 2.36. The number of ether oxygens (including phenoxy) is 1. The molecule has 2 aliphatic heterocycles. The lowest BCUT2D eigenvalue weighted by Crippen LogP contribution is -2.55. The summed E-state index contributed by atoms with van der Waals surface area (Å²) >= 11 is 0. The van der Waals surface area contributed by atoms with E-state index in [4.69, 9.17) is 9.72 Å². The summed E-state index contributed by atoms with van der Waals surface area (Å²) in [7, 11) is 0. The van der Waals surface area contributed by atoms with Crippen molar-refractivity contribution in [2.24, 2.45) is 0 Å². The van der Waals surface area contributed by atoms with Crippen LogP contribution in [0, 0.1) is 6.92 Å². The molecule has 1 aliphatic carbocycles. The van der Waals surface area contributed by atoms with Crippen molar-refractivity contribution in [3.05, 3.63) is 57.3 Å². The SMILES string of the molecule is CC(=O)c1c(C)c2cnc(CCCc3ccc4c(c3)N3CCNC[C@H]3CO4)nc2n(C2CCCC2)c1=O. The van der Waals surface area contributed by atoms with Gasteiger partial charge in [0.15, 0.2) is 5.78 Å². The first-order valence-corrected chi connectivity index (χ1v) is 13.7. The average molecular weight is 502 g/mol. The van der Waals surface area contributed by atoms with Crippen molar-refractivity contribution >= 4 is 22.5 Å². The predicted molar refractivity (Wildman–Crippen MR) is 144 cm³/mol. The molecule has 1 saturated heterocycles. The molecule has 3 aliphatic rings. The second-order valence-corrected chi connectivity index (χ2v) is 10.7. The molecule has 0 radical (unpaired) electrons. The molecule has 2 aromatic heterocycles. The molecule has 0 bridgehead atoms. The maximum atomic E-state index is 13.4. The Morgan fingerprint density at radius 3 is 2.84 bits per heavy atom. The Bertz CT molecular complexity index is 1410. The number of nitrogens with zero attached hydrogens (tertiary/aromatic N) is 4. The van der Waals surface area contributed by atoms with Gasteiger partial charge in [0.25, 0.3) is 5.56 Å². The van der Waals surface area contributed by atoms with E-state index >= 15 is 0 Å². The molecule has 6 rings (SSSR count). The van der Waals surface area contributed by atoms with Crippen LogP contribution in [0.25, 0.3) is 11.0 Å². The summed E-state index contributed by atoms with van der Waals surface area (Å²) in [4.78, 5) is 37.8. The predicted octanol–water partition coefficient (Wildman–Crippen LogP) is 3.76. The molecule has 0 unspecified atom stereocenters. The summed E-state index contributed by atoms with van der Waals surface area (Å²) in [5, 5.41) is 4.26. The normalized spacial score (nSPS) is 19.5. The standard InChI is InChI=1S/C29H35N5O3/c1-18-23-16-31-26(32-28(23)34(21-7-3-4-8-21)29(36)27(18)19(2)35)9-5-6-20-10-11-25-24(14-20)33-13-12-30-15-22(33)17-37-25/h10-11,14,16,21-22,30H,3-9,12-13,15,17H2,1-2H3/t22-/m0/s1. The number of Topliss-reactive ketones (excluding diaryl/α,β-unsaturated/α-hetero) is 1. The van der Waals surface area contributed by atoms with Crippen LogP contribution in [-0.2, 0) is 12.8 Å². The Hall–Kier alpha value is -3.26. The highest BCUT2D eigenvalue weighted by molar-refractivity contribution is 5.99. The van der Waals surface area contributed by atoms with Crippen molar-refractivity contribution in [2.45, 2.75) is 70.9 Å². The van der Waals surface area contributed by atoms with E-state index in [-0.39, 0.29) is 22.9 Å². The van der Waals surface area contributed by atoms with Crippen molar-refractivity contribution in [3.8, 4) is 5.75 Å². The fraction of sp³-hybridized carbons (Fsp3) is 0.517. The van der Waals surface area contributed by atoms with E-state index in [0.717, 1.165) is 88.1 Å². The van der Waals surface area contributed by atoms with E-state index < -0.39 is 0 Å². The Labute approximate surface area is 217 Å². The zero-order chi connectivity index (χ0) is 25.5. The fourth-order valence-corrected chi connectivity index (χ4v) is 6.33. The molecule has 3 aromatic rings. The third-order valence-electron chi connectivity index (χ3n) is 8.28. The number of ketones is 1. The van der Waals surface area contributed by atoms with Gasteiger partial charge in [-0.3, -0.25) is 14.2 Å². The molecule has 1 N–H and O–H groups in total. The zero-order valence-electron chi connectivity index (χ0n) is 21.8. The quantitative estimate of drug-likeness (QED) is 0.515. The van der Waals surface area contributed by atoms with Gasteiger partial charge in [-0.25, -0.2) is 9.97 Å². The molecule has 4 heterocycles. The number of piperazine rings is 1. The summed E-state index contributed by atoms with van der Waals surface area (Å²) in [5.74, 6) is 1.53. The van der Waals surface area contributed by atoms with Crippen molar-refractivity contribution in [1.82, 2.24) is 19.9 Å². The van der Waals surface area contributed by atoms with Crippen LogP contribution in [0.1, 0.15) is 72.4 Å². The van der Waals surface area contributed by atoms with Gasteiger partial charge in [-0.05, 0) is 62.8 Å². The summed E-state index contributed by atoms with van der Waals surface area (Å²) in [5.41, 5.74) is 3.94. The lowest BCUT2D eigenvalue weighted by molar-refractivity contribution is 0.101. The molecule has 1 aromatic carbocycles. The van der Waals surface area contributed by atoms with Crippen LogP contribution >= 0.6 is 0 Å². The van der Waals surface area contributed by atoms with E-state index in [9.17, 15) is 9.59 Å². The molecular weight excluding hydrogens is 466 g/mol. The van der Waals surface area contributed by atoms with Gasteiger partial charge in [-0.15, -0.1) is 0 Å². The molecule has 8 nitrogen and oxygen atoms in total. The number of carbonyl (C=O) groups excluding carboxylic acids is 1. The minimum atomic E-state index is -0.198. The topological polar surface area (TPSA) is 89.3 Å². The van der Waals surface area contributed by atoms with Crippen LogP contribution in [0.2, 0.25) is 0 Å². The number of hydrogen-bond acceptors (Lipinski definition) is 7. The molecule has 194 valence electrons. The van der Waals surface area contributed by atoms with E-state index in [2.05, 4.69) is 33.4 Å². The third-order valence-corrected chi connectivity index (χ3v) is 8.28. The number of benzene rings is 1. The number of anilines is 1. The van der Waals surface area contributed by atoms with Gasteiger partial charge in [-0.1, -0.05) is 18.9 Å². The minimum absolute atomic E-state index is 0.1000. The van der Waals surface area contributed by atoms with Crippen molar-refractivity contribution in [3.63, 3.8) is 0 Å². The van der Waals surface area contributed by atoms with Crippen LogP contribution in [0.4, 0.5) is 5.69 Å². The molecule has 8 heteroatoms. The maximum absolute atomic E-state index is 13.4. The summed E-state index contributed by atoms with van der Waals surface area (Å²) in [6.07, 6.45) is 8.46. The highest BCUT2D eigenvalue weighted by Gasteiger charge is 2.30. The van der Waals surface area contributed by atoms with Gasteiger partial charge in [0, 0.05) is 43.7 Å². The second kappa shape index (κ2) is 9.89. The Kier molecular flexibility index (Phi) is 6.44. The van der Waals surface area contributed by atoms with Crippen LogP contribution in [0.3, 0.4) is 0 Å². The number of rotatable bonds is 6. The Balaban J connectivity index is 1.25. The molecule has 1 atom stereocenters. The number of fused-ring (bicyclic) bond motifs is 4. The second-order valence-electron chi connectivity index (χ2n) is 10.7. The molecular formula is C29H35N5O3. The van der Waals surface area contributed by atoms with E-state index in [1.165, 1.54) is 18.2 Å². The molecule has 37 heavy (non-hydrogen) atoms. The molecule has 2 fully saturated rings. The van der Waals surface area contributed by atoms with Gasteiger partial charge >= 0.3 is 0 Å². The first-order valence-electron chi connectivity index (χ1n) is 13.7. The Morgan fingerprint density at radius 1 is 1.19 bits per heavy atom. The average Bonchev–Trinajstić information content (AvgIpc) is 3.43. The maximum Gasteiger partial charge on any atom is 0.263 e. The number of nitrogens with one attached hydrogen (secondary N) is 1. The zero-order valence-corrected chi connectivity index (χ0v) is 21.8. The largest absolute Gasteiger partial charge is 0.489 e. The van der Waals surface area contributed by atoms with Crippen molar-refractivity contribution in [2.75, 3.05) is 31.1 Å². The van der Waals surface area contributed by atoms with Gasteiger partial charge in [0.1, 0.15) is 23.8 Å². The van der Waals surface area contributed by atoms with Crippen molar-refractivity contribution < 1.29 is 9.53 Å². The van der Waals surface area contributed by atoms with Crippen LogP contribution < -0.4 is 20.5 Å². The third kappa shape index (κ3) is 4.41. The van der Waals surface area contributed by atoms with E-state index in [0.29, 0.717) is 17.3 Å². The smallest absolute Gasteiger partial charge is 0.263 e. The van der Waals surface area contributed by atoms with Crippen LogP contribution in [0.15, 0.2) is 29.2 Å². The summed E-state index contributed by atoms with van der Waals surface area (Å²) in [6.45, 7) is 7.01. The minimum Gasteiger partial charge on any atom is -0.489 e.